The van der Waals surface area contributed by atoms with Crippen LogP contribution in [0.4, 0.5) is 0 Å². The summed E-state index contributed by atoms with van der Waals surface area (Å²) in [4.78, 5) is 0. The van der Waals surface area contributed by atoms with E-state index in [4.69, 9.17) is 4.74 Å². The van der Waals surface area contributed by atoms with E-state index in [1.165, 1.54) is 0 Å². The SMILES string of the molecule is CC[C@@]1(O)C(C)OC[C@H](O)C1O. The van der Waals surface area contributed by atoms with E-state index in [0.717, 1.165) is 0 Å². The predicted octanol–water partition coefficient (Wildman–Crippen LogP) is -0.732. The van der Waals surface area contributed by atoms with Crippen molar-refractivity contribution in [2.75, 3.05) is 6.61 Å². The molecule has 1 aliphatic heterocycles. The van der Waals surface area contributed by atoms with E-state index in [0.29, 0.717) is 6.42 Å². The number of aliphatic hydroxyl groups excluding tert-OH is 2. The van der Waals surface area contributed by atoms with Gasteiger partial charge in [-0.05, 0) is 13.3 Å². The molecule has 0 aliphatic carbocycles. The predicted molar refractivity (Wildman–Crippen MR) is 42.7 cm³/mol. The monoisotopic (exact) mass is 176 g/mol. The molecule has 72 valence electrons. The van der Waals surface area contributed by atoms with Crippen molar-refractivity contribution in [2.24, 2.45) is 0 Å². The van der Waals surface area contributed by atoms with E-state index >= 15 is 0 Å². The molecule has 0 radical (unpaired) electrons. The minimum atomic E-state index is -1.31. The molecule has 0 aromatic rings. The molecule has 1 saturated heterocycles. The van der Waals surface area contributed by atoms with Gasteiger partial charge >= 0.3 is 0 Å². The van der Waals surface area contributed by atoms with Crippen LogP contribution in [0.3, 0.4) is 0 Å². The maximum Gasteiger partial charge on any atom is 0.119 e. The van der Waals surface area contributed by atoms with Gasteiger partial charge in [-0.15, -0.1) is 0 Å². The second-order valence-electron chi connectivity index (χ2n) is 3.33. The highest BCUT2D eigenvalue weighted by Crippen LogP contribution is 2.28. The molecule has 1 fully saturated rings. The van der Waals surface area contributed by atoms with E-state index in [2.05, 4.69) is 0 Å². The molecule has 0 aromatic heterocycles. The van der Waals surface area contributed by atoms with Crippen LogP contribution < -0.4 is 0 Å². The van der Waals surface area contributed by atoms with E-state index in [-0.39, 0.29) is 6.61 Å². The van der Waals surface area contributed by atoms with Crippen molar-refractivity contribution in [1.29, 1.82) is 0 Å². The molecule has 4 heteroatoms. The first-order chi connectivity index (χ1) is 5.52. The zero-order valence-electron chi connectivity index (χ0n) is 7.40. The van der Waals surface area contributed by atoms with Crippen molar-refractivity contribution in [2.45, 2.75) is 44.2 Å². The highest BCUT2D eigenvalue weighted by Gasteiger charge is 2.47. The van der Waals surface area contributed by atoms with Gasteiger partial charge in [-0.3, -0.25) is 0 Å². The van der Waals surface area contributed by atoms with Gasteiger partial charge in [0.25, 0.3) is 0 Å². The lowest BCUT2D eigenvalue weighted by atomic mass is 9.83. The number of rotatable bonds is 1. The molecule has 0 aromatic carbocycles. The second-order valence-corrected chi connectivity index (χ2v) is 3.33. The summed E-state index contributed by atoms with van der Waals surface area (Å²) < 4.78 is 5.11. The lowest BCUT2D eigenvalue weighted by Gasteiger charge is -2.43. The maximum atomic E-state index is 9.85. The molecule has 3 N–H and O–H groups in total. The van der Waals surface area contributed by atoms with Crippen LogP contribution in [0.15, 0.2) is 0 Å². The smallest absolute Gasteiger partial charge is 0.119 e. The Labute approximate surface area is 71.8 Å². The minimum absolute atomic E-state index is 0.0879. The van der Waals surface area contributed by atoms with E-state index in [1.807, 2.05) is 0 Å². The summed E-state index contributed by atoms with van der Waals surface area (Å²) in [5.74, 6) is 0. The summed E-state index contributed by atoms with van der Waals surface area (Å²) in [5.41, 5.74) is -1.31. The Balaban J connectivity index is 2.78. The Morgan fingerprint density at radius 2 is 2.08 bits per heavy atom. The Bertz CT molecular complexity index is 161. The van der Waals surface area contributed by atoms with Gasteiger partial charge < -0.3 is 20.1 Å². The van der Waals surface area contributed by atoms with Crippen LogP contribution in [0.1, 0.15) is 20.3 Å². The Morgan fingerprint density at radius 3 is 2.50 bits per heavy atom. The topological polar surface area (TPSA) is 69.9 Å². The van der Waals surface area contributed by atoms with Crippen molar-refractivity contribution < 1.29 is 20.1 Å². The van der Waals surface area contributed by atoms with Crippen molar-refractivity contribution in [3.05, 3.63) is 0 Å². The van der Waals surface area contributed by atoms with E-state index < -0.39 is 23.9 Å². The maximum absolute atomic E-state index is 9.85. The van der Waals surface area contributed by atoms with E-state index in [1.54, 1.807) is 13.8 Å². The lowest BCUT2D eigenvalue weighted by molar-refractivity contribution is -0.238. The van der Waals surface area contributed by atoms with Gasteiger partial charge in [0.2, 0.25) is 0 Å². The van der Waals surface area contributed by atoms with Crippen molar-refractivity contribution in [3.8, 4) is 0 Å². The normalized spacial score (nSPS) is 49.2. The van der Waals surface area contributed by atoms with Crippen LogP contribution in [-0.2, 0) is 4.74 Å². The Kier molecular flexibility index (Phi) is 2.73. The standard InChI is InChI=1S/C8H16O4/c1-3-8(11)5(2)12-4-6(9)7(8)10/h5-7,9-11H,3-4H2,1-2H3/t5?,6-,7?,8+/m0/s1. The summed E-state index contributed by atoms with van der Waals surface area (Å²) in [6.07, 6.45) is -2.15. The molecule has 0 spiro atoms. The molecule has 4 atom stereocenters. The highest BCUT2D eigenvalue weighted by atomic mass is 16.5. The van der Waals surface area contributed by atoms with E-state index in [9.17, 15) is 15.3 Å². The Morgan fingerprint density at radius 1 is 1.50 bits per heavy atom. The van der Waals surface area contributed by atoms with Gasteiger partial charge in [-0.25, -0.2) is 0 Å². The van der Waals surface area contributed by atoms with Crippen LogP contribution in [-0.4, -0.2) is 45.8 Å². The molecular weight excluding hydrogens is 160 g/mol. The van der Waals surface area contributed by atoms with Crippen LogP contribution in [0.25, 0.3) is 0 Å². The van der Waals surface area contributed by atoms with Crippen LogP contribution in [0, 0.1) is 0 Å². The summed E-state index contributed by atoms with van der Waals surface area (Å²) in [5, 5.41) is 28.6. The third-order valence-electron chi connectivity index (χ3n) is 2.66. The van der Waals surface area contributed by atoms with Gasteiger partial charge in [0.05, 0.1) is 12.7 Å². The molecule has 0 bridgehead atoms. The summed E-state index contributed by atoms with van der Waals surface area (Å²) >= 11 is 0. The average molecular weight is 176 g/mol. The number of hydrogen-bond acceptors (Lipinski definition) is 4. The number of hydrogen-bond donors (Lipinski definition) is 3. The summed E-state index contributed by atoms with van der Waals surface area (Å²) in [7, 11) is 0. The van der Waals surface area contributed by atoms with Gasteiger partial charge in [-0.1, -0.05) is 6.92 Å². The first-order valence-electron chi connectivity index (χ1n) is 4.22. The second kappa shape index (κ2) is 3.30. The van der Waals surface area contributed by atoms with Gasteiger partial charge in [0, 0.05) is 0 Å². The molecule has 0 saturated carbocycles. The fourth-order valence-electron chi connectivity index (χ4n) is 1.55. The third kappa shape index (κ3) is 1.35. The quantitative estimate of drug-likeness (QED) is 0.492. The van der Waals surface area contributed by atoms with Gasteiger partial charge in [-0.2, -0.15) is 0 Å². The third-order valence-corrected chi connectivity index (χ3v) is 2.66. The lowest BCUT2D eigenvalue weighted by Crippen LogP contribution is -2.61. The fraction of sp³-hybridized carbons (Fsp3) is 1.00. The Hall–Kier alpha value is -0.160. The molecule has 1 rings (SSSR count). The van der Waals surface area contributed by atoms with Crippen LogP contribution in [0.5, 0.6) is 0 Å². The molecule has 4 nitrogen and oxygen atoms in total. The largest absolute Gasteiger partial charge is 0.388 e. The van der Waals surface area contributed by atoms with Gasteiger partial charge in [0.1, 0.15) is 17.8 Å². The van der Waals surface area contributed by atoms with Crippen molar-refractivity contribution in [1.82, 2.24) is 0 Å². The first-order valence-corrected chi connectivity index (χ1v) is 4.22. The zero-order valence-corrected chi connectivity index (χ0v) is 7.40. The molecular formula is C8H16O4. The van der Waals surface area contributed by atoms with Crippen LogP contribution in [0.2, 0.25) is 0 Å². The molecule has 1 heterocycles. The minimum Gasteiger partial charge on any atom is -0.388 e. The zero-order chi connectivity index (χ0) is 9.35. The van der Waals surface area contributed by atoms with Crippen molar-refractivity contribution in [3.63, 3.8) is 0 Å². The average Bonchev–Trinajstić information content (AvgIpc) is 2.08. The van der Waals surface area contributed by atoms with Crippen molar-refractivity contribution >= 4 is 0 Å². The fourth-order valence-corrected chi connectivity index (χ4v) is 1.55. The molecule has 2 unspecified atom stereocenters. The summed E-state index contributed by atoms with van der Waals surface area (Å²) in [6.45, 7) is 3.53. The number of aliphatic hydroxyl groups is 3. The molecule has 0 amide bonds. The number of ether oxygens (including phenoxy) is 1. The van der Waals surface area contributed by atoms with Gasteiger partial charge in [0.15, 0.2) is 0 Å². The molecule has 1 aliphatic rings. The highest BCUT2D eigenvalue weighted by molar-refractivity contribution is 4.97. The van der Waals surface area contributed by atoms with Crippen LogP contribution >= 0.6 is 0 Å². The summed E-state index contributed by atoms with van der Waals surface area (Å²) in [6, 6.07) is 0. The first kappa shape index (κ1) is 9.92. The molecule has 12 heavy (non-hydrogen) atoms.